The van der Waals surface area contributed by atoms with Crippen LogP contribution in [0.25, 0.3) is 5.52 Å². The molecule has 2 N–H and O–H groups in total. The van der Waals surface area contributed by atoms with E-state index >= 15 is 0 Å². The standard InChI is InChI=1S/C24H20N4O4/c1-2-31-15-21-20(24(29)30)14-28-23(21)22(16(12-25)13-26-28)27-17-8-10-19(11-9-17)32-18-6-4-3-5-7-18/h3-11,13-14,27H,2,15H2,1H3,(H,29,30). The van der Waals surface area contributed by atoms with Crippen molar-refractivity contribution in [2.24, 2.45) is 0 Å². The largest absolute Gasteiger partial charge is 0.478 e. The van der Waals surface area contributed by atoms with Crippen LogP contribution in [0.2, 0.25) is 0 Å². The zero-order valence-corrected chi connectivity index (χ0v) is 17.3. The van der Waals surface area contributed by atoms with Gasteiger partial charge in [0.1, 0.15) is 17.6 Å². The van der Waals surface area contributed by atoms with Gasteiger partial charge in [0.2, 0.25) is 0 Å². The number of hydrogen-bond donors (Lipinski definition) is 2. The monoisotopic (exact) mass is 428 g/mol. The minimum Gasteiger partial charge on any atom is -0.478 e. The van der Waals surface area contributed by atoms with E-state index in [0.717, 1.165) is 5.75 Å². The SMILES string of the molecule is CCOCc1c(C(=O)O)cn2ncc(C#N)c(Nc3ccc(Oc4ccccc4)cc3)c12. The molecule has 0 atom stereocenters. The number of benzene rings is 2. The Balaban J connectivity index is 1.71. The first-order valence-corrected chi connectivity index (χ1v) is 9.95. The Bertz CT molecular complexity index is 1290. The second kappa shape index (κ2) is 9.20. The Hall–Kier alpha value is -4.35. The van der Waals surface area contributed by atoms with E-state index in [-0.39, 0.29) is 17.7 Å². The third-order valence-corrected chi connectivity index (χ3v) is 4.81. The summed E-state index contributed by atoms with van der Waals surface area (Å²) >= 11 is 0. The molecule has 0 bridgehead atoms. The highest BCUT2D eigenvalue weighted by molar-refractivity contribution is 5.96. The van der Waals surface area contributed by atoms with Crippen LogP contribution in [0.15, 0.2) is 67.0 Å². The van der Waals surface area contributed by atoms with Gasteiger partial charge < -0.3 is 19.9 Å². The number of carbonyl (C=O) groups is 1. The number of nitrogens with one attached hydrogen (secondary N) is 1. The first-order chi connectivity index (χ1) is 15.6. The molecular weight excluding hydrogens is 408 g/mol. The molecule has 0 fully saturated rings. The van der Waals surface area contributed by atoms with E-state index in [4.69, 9.17) is 9.47 Å². The highest BCUT2D eigenvalue weighted by Gasteiger charge is 2.22. The van der Waals surface area contributed by atoms with Gasteiger partial charge in [0.05, 0.1) is 35.1 Å². The van der Waals surface area contributed by atoms with Crippen molar-refractivity contribution in [3.05, 3.63) is 83.7 Å². The Labute approximate surface area is 184 Å². The molecule has 8 heteroatoms. The normalized spacial score (nSPS) is 10.6. The quantitative estimate of drug-likeness (QED) is 0.407. The van der Waals surface area contributed by atoms with Gasteiger partial charge in [-0.3, -0.25) is 0 Å². The Morgan fingerprint density at radius 1 is 1.16 bits per heavy atom. The van der Waals surface area contributed by atoms with Gasteiger partial charge in [-0.1, -0.05) is 18.2 Å². The number of carboxylic acids is 1. The van der Waals surface area contributed by atoms with Gasteiger partial charge in [0.25, 0.3) is 0 Å². The average Bonchev–Trinajstić information content (AvgIpc) is 3.19. The molecule has 0 saturated carbocycles. The van der Waals surface area contributed by atoms with E-state index in [1.807, 2.05) is 61.5 Å². The van der Waals surface area contributed by atoms with Crippen molar-refractivity contribution in [2.75, 3.05) is 11.9 Å². The highest BCUT2D eigenvalue weighted by atomic mass is 16.5. The van der Waals surface area contributed by atoms with E-state index in [1.165, 1.54) is 16.9 Å². The molecule has 8 nitrogen and oxygen atoms in total. The lowest BCUT2D eigenvalue weighted by atomic mass is 10.1. The number of ether oxygens (including phenoxy) is 2. The van der Waals surface area contributed by atoms with Gasteiger partial charge >= 0.3 is 5.97 Å². The number of anilines is 2. The number of nitrogens with zero attached hydrogens (tertiary/aromatic N) is 3. The van der Waals surface area contributed by atoms with Crippen LogP contribution < -0.4 is 10.1 Å². The van der Waals surface area contributed by atoms with Gasteiger partial charge in [0, 0.05) is 24.1 Å². The first-order valence-electron chi connectivity index (χ1n) is 9.95. The summed E-state index contributed by atoms with van der Waals surface area (Å²) in [5.74, 6) is 0.304. The maximum absolute atomic E-state index is 11.8. The van der Waals surface area contributed by atoms with Crippen molar-refractivity contribution < 1.29 is 19.4 Å². The summed E-state index contributed by atoms with van der Waals surface area (Å²) in [6.07, 6.45) is 2.83. The molecule has 4 aromatic rings. The number of rotatable bonds is 8. The molecule has 2 aromatic heterocycles. The highest BCUT2D eigenvalue weighted by Crippen LogP contribution is 2.32. The van der Waals surface area contributed by atoms with Crippen LogP contribution >= 0.6 is 0 Å². The third-order valence-electron chi connectivity index (χ3n) is 4.81. The zero-order valence-electron chi connectivity index (χ0n) is 17.3. The number of aromatic nitrogens is 2. The van der Waals surface area contributed by atoms with Crippen molar-refractivity contribution in [3.8, 4) is 17.6 Å². The Morgan fingerprint density at radius 3 is 2.53 bits per heavy atom. The molecule has 4 rings (SSSR count). The fourth-order valence-electron chi connectivity index (χ4n) is 3.32. The van der Waals surface area contributed by atoms with Crippen LogP contribution in [0.1, 0.15) is 28.4 Å². The van der Waals surface area contributed by atoms with E-state index in [1.54, 1.807) is 0 Å². The molecule has 0 aliphatic rings. The van der Waals surface area contributed by atoms with E-state index in [0.29, 0.717) is 34.8 Å². The van der Waals surface area contributed by atoms with Crippen LogP contribution in [-0.4, -0.2) is 27.3 Å². The number of para-hydroxylation sites is 1. The summed E-state index contributed by atoms with van der Waals surface area (Å²) in [5, 5.41) is 26.7. The van der Waals surface area contributed by atoms with Crippen LogP contribution in [0.5, 0.6) is 11.5 Å². The summed E-state index contributed by atoms with van der Waals surface area (Å²) < 4.78 is 12.8. The number of carboxylic acid groups (broad SMARTS) is 1. The maximum atomic E-state index is 11.8. The summed E-state index contributed by atoms with van der Waals surface area (Å²) in [4.78, 5) is 11.8. The molecule has 0 spiro atoms. The minimum absolute atomic E-state index is 0.0794. The van der Waals surface area contributed by atoms with Crippen molar-refractivity contribution in [1.82, 2.24) is 9.61 Å². The van der Waals surface area contributed by atoms with Crippen molar-refractivity contribution >= 4 is 22.9 Å². The molecule has 2 aromatic carbocycles. The fraction of sp³-hybridized carbons (Fsp3) is 0.125. The van der Waals surface area contributed by atoms with Crippen molar-refractivity contribution in [1.29, 1.82) is 5.26 Å². The second-order valence-electron chi connectivity index (χ2n) is 6.87. The van der Waals surface area contributed by atoms with Gasteiger partial charge in [-0.2, -0.15) is 10.4 Å². The lowest BCUT2D eigenvalue weighted by Gasteiger charge is -2.13. The van der Waals surface area contributed by atoms with Crippen LogP contribution in [0, 0.1) is 11.3 Å². The molecule has 0 saturated heterocycles. The molecule has 0 radical (unpaired) electrons. The minimum atomic E-state index is -1.09. The summed E-state index contributed by atoms with van der Waals surface area (Å²) in [5.41, 5.74) is 2.47. The van der Waals surface area contributed by atoms with E-state index in [2.05, 4.69) is 16.5 Å². The number of hydrogen-bond acceptors (Lipinski definition) is 6. The summed E-state index contributed by atoms with van der Waals surface area (Å²) in [6.45, 7) is 2.34. The molecule has 0 aliphatic carbocycles. The predicted octanol–water partition coefficient (Wildman–Crippen LogP) is 4.98. The zero-order chi connectivity index (χ0) is 22.5. The van der Waals surface area contributed by atoms with Gasteiger partial charge in [-0.05, 0) is 43.3 Å². The molecule has 2 heterocycles. The summed E-state index contributed by atoms with van der Waals surface area (Å²) in [7, 11) is 0. The number of aromatic carboxylic acids is 1. The molecule has 160 valence electrons. The van der Waals surface area contributed by atoms with E-state index in [9.17, 15) is 15.2 Å². The lowest BCUT2D eigenvalue weighted by molar-refractivity contribution is 0.0689. The molecule has 0 amide bonds. The Morgan fingerprint density at radius 2 is 1.88 bits per heavy atom. The smallest absolute Gasteiger partial charge is 0.337 e. The van der Waals surface area contributed by atoms with E-state index < -0.39 is 5.97 Å². The summed E-state index contributed by atoms with van der Waals surface area (Å²) in [6, 6.07) is 18.8. The van der Waals surface area contributed by atoms with Crippen molar-refractivity contribution in [2.45, 2.75) is 13.5 Å². The van der Waals surface area contributed by atoms with Gasteiger partial charge in [0.15, 0.2) is 0 Å². The number of nitriles is 1. The van der Waals surface area contributed by atoms with Gasteiger partial charge in [-0.25, -0.2) is 9.31 Å². The van der Waals surface area contributed by atoms with Crippen LogP contribution in [0.4, 0.5) is 11.4 Å². The number of fused-ring (bicyclic) bond motifs is 1. The average molecular weight is 428 g/mol. The maximum Gasteiger partial charge on any atom is 0.337 e. The fourth-order valence-corrected chi connectivity index (χ4v) is 3.32. The molecule has 32 heavy (non-hydrogen) atoms. The molecular formula is C24H20N4O4. The second-order valence-corrected chi connectivity index (χ2v) is 6.87. The first kappa shape index (κ1) is 20.9. The van der Waals surface area contributed by atoms with Gasteiger partial charge in [-0.15, -0.1) is 0 Å². The van der Waals surface area contributed by atoms with Crippen molar-refractivity contribution in [3.63, 3.8) is 0 Å². The predicted molar refractivity (Wildman–Crippen MR) is 118 cm³/mol. The lowest BCUT2D eigenvalue weighted by Crippen LogP contribution is -2.04. The molecule has 0 unspecified atom stereocenters. The topological polar surface area (TPSA) is 109 Å². The molecule has 0 aliphatic heterocycles. The van der Waals surface area contributed by atoms with Crippen LogP contribution in [-0.2, 0) is 11.3 Å². The third kappa shape index (κ3) is 4.24. The Kier molecular flexibility index (Phi) is 6.01. The van der Waals surface area contributed by atoms with Crippen LogP contribution in [0.3, 0.4) is 0 Å².